The van der Waals surface area contributed by atoms with Gasteiger partial charge in [0.15, 0.2) is 0 Å². The second-order valence-electron chi connectivity index (χ2n) is 4.57. The molecular weight excluding hydrogens is 319 g/mol. The molecule has 122 valence electrons. The molecule has 1 aromatic heterocycles. The molecule has 0 aliphatic rings. The molecule has 2 amide bonds. The number of urea groups is 1. The molecule has 0 unspecified atom stereocenters. The van der Waals surface area contributed by atoms with E-state index in [0.29, 0.717) is 21.9 Å². The SMILES string of the molecule is CCNC(=O)NCCOC(=O)c1ccc(-c2ccccc2F)s1. The Balaban J connectivity index is 1.87. The standard InChI is InChI=1S/C16H17FN2O3S/c1-2-18-16(21)19-9-10-22-15(20)14-8-7-13(23-14)11-5-3-4-6-12(11)17/h3-8H,2,9-10H2,1H3,(H2,18,19,21). The number of carbonyl (C=O) groups excluding carboxylic acids is 2. The Kier molecular flexibility index (Phi) is 6.10. The first-order chi connectivity index (χ1) is 11.1. The van der Waals surface area contributed by atoms with Gasteiger partial charge in [-0.2, -0.15) is 0 Å². The van der Waals surface area contributed by atoms with Crippen LogP contribution in [0.15, 0.2) is 36.4 Å². The molecule has 2 rings (SSSR count). The number of rotatable bonds is 6. The van der Waals surface area contributed by atoms with E-state index in [-0.39, 0.29) is 25.0 Å². The second kappa shape index (κ2) is 8.28. The monoisotopic (exact) mass is 336 g/mol. The number of nitrogens with one attached hydrogen (secondary N) is 2. The molecule has 0 spiro atoms. The lowest BCUT2D eigenvalue weighted by Gasteiger charge is -2.06. The molecule has 0 aliphatic carbocycles. The quantitative estimate of drug-likeness (QED) is 0.629. The number of benzene rings is 1. The third kappa shape index (κ3) is 4.79. The molecule has 2 aromatic rings. The van der Waals surface area contributed by atoms with Crippen LogP contribution in [-0.4, -0.2) is 31.7 Å². The predicted octanol–water partition coefficient (Wildman–Crippen LogP) is 3.03. The molecule has 0 bridgehead atoms. The fourth-order valence-electron chi connectivity index (χ4n) is 1.86. The molecule has 0 saturated heterocycles. The van der Waals surface area contributed by atoms with E-state index < -0.39 is 5.97 Å². The highest BCUT2D eigenvalue weighted by Crippen LogP contribution is 2.30. The lowest BCUT2D eigenvalue weighted by atomic mass is 10.2. The number of ether oxygens (including phenoxy) is 1. The zero-order valence-electron chi connectivity index (χ0n) is 12.6. The highest BCUT2D eigenvalue weighted by Gasteiger charge is 2.13. The third-order valence-electron chi connectivity index (χ3n) is 2.90. The Morgan fingerprint density at radius 1 is 1.17 bits per heavy atom. The van der Waals surface area contributed by atoms with E-state index in [1.165, 1.54) is 17.4 Å². The fourth-order valence-corrected chi connectivity index (χ4v) is 2.78. The fraction of sp³-hybridized carbons (Fsp3) is 0.250. The molecule has 23 heavy (non-hydrogen) atoms. The highest BCUT2D eigenvalue weighted by molar-refractivity contribution is 7.17. The van der Waals surface area contributed by atoms with Crippen molar-refractivity contribution in [3.63, 3.8) is 0 Å². The molecule has 1 heterocycles. The second-order valence-corrected chi connectivity index (χ2v) is 5.65. The molecule has 2 N–H and O–H groups in total. The summed E-state index contributed by atoms with van der Waals surface area (Å²) in [5.41, 5.74) is 0.453. The van der Waals surface area contributed by atoms with Crippen molar-refractivity contribution < 1.29 is 18.7 Å². The number of halogens is 1. The van der Waals surface area contributed by atoms with Crippen LogP contribution < -0.4 is 10.6 Å². The first-order valence-electron chi connectivity index (χ1n) is 7.15. The summed E-state index contributed by atoms with van der Waals surface area (Å²) in [5, 5.41) is 5.12. The van der Waals surface area contributed by atoms with Crippen LogP contribution in [-0.2, 0) is 4.74 Å². The average molecular weight is 336 g/mol. The van der Waals surface area contributed by atoms with Gasteiger partial charge in [0.1, 0.15) is 17.3 Å². The van der Waals surface area contributed by atoms with Crippen molar-refractivity contribution in [2.75, 3.05) is 19.7 Å². The molecule has 0 fully saturated rings. The molecule has 0 atom stereocenters. The Morgan fingerprint density at radius 2 is 1.96 bits per heavy atom. The maximum atomic E-state index is 13.7. The van der Waals surface area contributed by atoms with Crippen molar-refractivity contribution in [1.82, 2.24) is 10.6 Å². The largest absolute Gasteiger partial charge is 0.460 e. The van der Waals surface area contributed by atoms with Gasteiger partial charge in [-0.25, -0.2) is 14.0 Å². The zero-order chi connectivity index (χ0) is 16.7. The van der Waals surface area contributed by atoms with E-state index in [2.05, 4.69) is 10.6 Å². The van der Waals surface area contributed by atoms with Crippen molar-refractivity contribution in [3.8, 4) is 10.4 Å². The van der Waals surface area contributed by atoms with Crippen LogP contribution in [0.25, 0.3) is 10.4 Å². The molecule has 0 saturated carbocycles. The Labute approximate surface area is 137 Å². The molecule has 5 nitrogen and oxygen atoms in total. The van der Waals surface area contributed by atoms with Crippen LogP contribution in [0.4, 0.5) is 9.18 Å². The minimum atomic E-state index is -0.490. The van der Waals surface area contributed by atoms with Gasteiger partial charge in [-0.15, -0.1) is 11.3 Å². The summed E-state index contributed by atoms with van der Waals surface area (Å²) in [4.78, 5) is 24.1. The van der Waals surface area contributed by atoms with Gasteiger partial charge in [-0.05, 0) is 25.1 Å². The van der Waals surface area contributed by atoms with Crippen molar-refractivity contribution >= 4 is 23.3 Å². The number of hydrogen-bond donors (Lipinski definition) is 2. The van der Waals surface area contributed by atoms with Crippen LogP contribution in [0.1, 0.15) is 16.6 Å². The average Bonchev–Trinajstić information content (AvgIpc) is 3.02. The van der Waals surface area contributed by atoms with Crippen LogP contribution in [0.5, 0.6) is 0 Å². The van der Waals surface area contributed by atoms with Gasteiger partial charge in [0.05, 0.1) is 6.54 Å². The van der Waals surface area contributed by atoms with Crippen LogP contribution in [0.3, 0.4) is 0 Å². The van der Waals surface area contributed by atoms with Crippen molar-refractivity contribution in [3.05, 3.63) is 47.1 Å². The van der Waals surface area contributed by atoms with E-state index in [1.807, 2.05) is 6.92 Å². The van der Waals surface area contributed by atoms with Crippen molar-refractivity contribution in [1.29, 1.82) is 0 Å². The van der Waals surface area contributed by atoms with Gasteiger partial charge >= 0.3 is 12.0 Å². The summed E-state index contributed by atoms with van der Waals surface area (Å²) in [5.74, 6) is -0.823. The number of hydrogen-bond acceptors (Lipinski definition) is 4. The van der Waals surface area contributed by atoms with Gasteiger partial charge in [0, 0.05) is 17.0 Å². The van der Waals surface area contributed by atoms with E-state index in [0.717, 1.165) is 0 Å². The number of amides is 2. The molecular formula is C16H17FN2O3S. The normalized spacial score (nSPS) is 10.2. The van der Waals surface area contributed by atoms with Crippen molar-refractivity contribution in [2.24, 2.45) is 0 Å². The topological polar surface area (TPSA) is 67.4 Å². The minimum absolute atomic E-state index is 0.0723. The molecule has 7 heteroatoms. The first-order valence-corrected chi connectivity index (χ1v) is 7.97. The van der Waals surface area contributed by atoms with E-state index in [1.54, 1.807) is 30.3 Å². The maximum Gasteiger partial charge on any atom is 0.348 e. The van der Waals surface area contributed by atoms with Crippen LogP contribution >= 0.6 is 11.3 Å². The lowest BCUT2D eigenvalue weighted by molar-refractivity contribution is 0.0516. The van der Waals surface area contributed by atoms with Gasteiger partial charge < -0.3 is 15.4 Å². The third-order valence-corrected chi connectivity index (χ3v) is 4.00. The zero-order valence-corrected chi connectivity index (χ0v) is 13.4. The summed E-state index contributed by atoms with van der Waals surface area (Å²) < 4.78 is 18.8. The Hall–Kier alpha value is -2.41. The van der Waals surface area contributed by atoms with E-state index >= 15 is 0 Å². The van der Waals surface area contributed by atoms with Crippen LogP contribution in [0.2, 0.25) is 0 Å². The summed E-state index contributed by atoms with van der Waals surface area (Å²) >= 11 is 1.17. The highest BCUT2D eigenvalue weighted by atomic mass is 32.1. The van der Waals surface area contributed by atoms with Gasteiger partial charge in [0.25, 0.3) is 0 Å². The first kappa shape index (κ1) is 17.0. The summed E-state index contributed by atoms with van der Waals surface area (Å²) in [7, 11) is 0. The van der Waals surface area contributed by atoms with Gasteiger partial charge in [0.2, 0.25) is 0 Å². The van der Waals surface area contributed by atoms with Crippen molar-refractivity contribution in [2.45, 2.75) is 6.92 Å². The Bertz CT molecular complexity index is 687. The van der Waals surface area contributed by atoms with Gasteiger partial charge in [-0.3, -0.25) is 0 Å². The number of carbonyl (C=O) groups is 2. The van der Waals surface area contributed by atoms with E-state index in [9.17, 15) is 14.0 Å². The number of thiophene rings is 1. The summed E-state index contributed by atoms with van der Waals surface area (Å²) in [6, 6.07) is 9.37. The summed E-state index contributed by atoms with van der Waals surface area (Å²) in [6.45, 7) is 2.63. The summed E-state index contributed by atoms with van der Waals surface area (Å²) in [6.07, 6.45) is 0. The molecule has 0 aliphatic heterocycles. The van der Waals surface area contributed by atoms with Crippen LogP contribution in [0, 0.1) is 5.82 Å². The Morgan fingerprint density at radius 3 is 2.70 bits per heavy atom. The number of esters is 1. The molecule has 0 radical (unpaired) electrons. The lowest BCUT2D eigenvalue weighted by Crippen LogP contribution is -2.37. The smallest absolute Gasteiger partial charge is 0.348 e. The minimum Gasteiger partial charge on any atom is -0.460 e. The predicted molar refractivity (Wildman–Crippen MR) is 87.1 cm³/mol. The van der Waals surface area contributed by atoms with E-state index in [4.69, 9.17) is 4.74 Å². The maximum absolute atomic E-state index is 13.7. The van der Waals surface area contributed by atoms with Gasteiger partial charge in [-0.1, -0.05) is 18.2 Å². The molecule has 1 aromatic carbocycles.